The maximum Gasteiger partial charge on any atom is 0.244 e. The number of nitrogens with one attached hydrogen (secondary N) is 2. The minimum Gasteiger partial charge on any atom is -0.376 e. The summed E-state index contributed by atoms with van der Waals surface area (Å²) in [5, 5.41) is 13.7. The second kappa shape index (κ2) is 8.61. The van der Waals surface area contributed by atoms with Crippen LogP contribution in [-0.2, 0) is 4.79 Å². The van der Waals surface area contributed by atoms with Crippen LogP contribution < -0.4 is 15.5 Å². The fraction of sp³-hybridized carbons (Fsp3) is 0.235. The minimum atomic E-state index is -0.359. The van der Waals surface area contributed by atoms with Gasteiger partial charge in [-0.05, 0) is 12.1 Å². The van der Waals surface area contributed by atoms with E-state index < -0.39 is 0 Å². The van der Waals surface area contributed by atoms with Crippen LogP contribution in [0.5, 0.6) is 0 Å². The van der Waals surface area contributed by atoms with Crippen molar-refractivity contribution in [1.82, 2.24) is 15.5 Å². The molecule has 0 spiro atoms. The van der Waals surface area contributed by atoms with Crippen LogP contribution in [0.4, 0.5) is 15.9 Å². The lowest BCUT2D eigenvalue weighted by atomic mass is 10.2. The summed E-state index contributed by atoms with van der Waals surface area (Å²) in [4.78, 5) is 13.6. The number of hydrogen-bond donors (Lipinski definition) is 2. The van der Waals surface area contributed by atoms with Gasteiger partial charge in [0.1, 0.15) is 5.82 Å². The first kappa shape index (κ1) is 17.4. The third kappa shape index (κ3) is 5.35. The third-order valence-electron chi connectivity index (χ3n) is 3.21. The van der Waals surface area contributed by atoms with Crippen LogP contribution in [0.1, 0.15) is 5.56 Å². The van der Waals surface area contributed by atoms with E-state index in [0.717, 1.165) is 5.69 Å². The number of anilines is 2. The predicted molar refractivity (Wildman–Crippen MR) is 93.3 cm³/mol. The van der Waals surface area contributed by atoms with Crippen LogP contribution in [0.25, 0.3) is 6.08 Å². The molecule has 2 N–H and O–H groups in total. The first-order valence-corrected chi connectivity index (χ1v) is 7.50. The van der Waals surface area contributed by atoms with Crippen molar-refractivity contribution in [1.29, 1.82) is 0 Å². The molecule has 0 aliphatic heterocycles. The van der Waals surface area contributed by atoms with Crippen LogP contribution in [0, 0.1) is 5.82 Å². The number of rotatable bonds is 7. The first-order valence-electron chi connectivity index (χ1n) is 7.50. The Bertz CT molecular complexity index is 718. The largest absolute Gasteiger partial charge is 0.376 e. The van der Waals surface area contributed by atoms with Crippen LogP contribution >= 0.6 is 0 Å². The lowest BCUT2D eigenvalue weighted by Gasteiger charge is -2.12. The molecule has 1 aromatic carbocycles. The maximum absolute atomic E-state index is 13.4. The van der Waals surface area contributed by atoms with Gasteiger partial charge in [-0.25, -0.2) is 4.39 Å². The number of amides is 1. The Morgan fingerprint density at radius 1 is 1.29 bits per heavy atom. The predicted octanol–water partition coefficient (Wildman–Crippen LogP) is 1.92. The van der Waals surface area contributed by atoms with E-state index >= 15 is 0 Å². The summed E-state index contributed by atoms with van der Waals surface area (Å²) >= 11 is 0. The van der Waals surface area contributed by atoms with Crippen molar-refractivity contribution < 1.29 is 9.18 Å². The number of benzene rings is 1. The van der Waals surface area contributed by atoms with Gasteiger partial charge in [0.25, 0.3) is 0 Å². The van der Waals surface area contributed by atoms with Crippen molar-refractivity contribution in [3.05, 3.63) is 54.0 Å². The Balaban J connectivity index is 1.75. The molecule has 0 saturated heterocycles. The molecule has 0 atom stereocenters. The molecule has 126 valence electrons. The highest BCUT2D eigenvalue weighted by atomic mass is 19.1. The van der Waals surface area contributed by atoms with Crippen molar-refractivity contribution in [3.63, 3.8) is 0 Å². The molecule has 0 radical (unpaired) electrons. The van der Waals surface area contributed by atoms with Crippen molar-refractivity contribution in [3.8, 4) is 0 Å². The highest BCUT2D eigenvalue weighted by molar-refractivity contribution is 5.91. The summed E-state index contributed by atoms with van der Waals surface area (Å²) in [6.07, 6.45) is 4.43. The van der Waals surface area contributed by atoms with Crippen LogP contribution in [-0.4, -0.2) is 43.3 Å². The Kier molecular flexibility index (Phi) is 6.24. The molecule has 0 aliphatic rings. The smallest absolute Gasteiger partial charge is 0.244 e. The molecule has 0 bridgehead atoms. The van der Waals surface area contributed by atoms with Crippen molar-refractivity contribution >= 4 is 23.5 Å². The molecule has 0 aliphatic carbocycles. The van der Waals surface area contributed by atoms with Gasteiger partial charge >= 0.3 is 0 Å². The lowest BCUT2D eigenvalue weighted by Crippen LogP contribution is -2.27. The van der Waals surface area contributed by atoms with Crippen LogP contribution in [0.2, 0.25) is 0 Å². The lowest BCUT2D eigenvalue weighted by molar-refractivity contribution is -0.116. The molecule has 24 heavy (non-hydrogen) atoms. The summed E-state index contributed by atoms with van der Waals surface area (Å²) in [5.74, 6) is -0.00640. The summed E-state index contributed by atoms with van der Waals surface area (Å²) in [7, 11) is 3.84. The summed E-state index contributed by atoms with van der Waals surface area (Å²) in [5.41, 5.74) is 1.31. The van der Waals surface area contributed by atoms with Gasteiger partial charge in [0.15, 0.2) is 5.82 Å². The maximum atomic E-state index is 13.4. The van der Waals surface area contributed by atoms with Gasteiger partial charge in [0.05, 0.1) is 11.9 Å². The summed E-state index contributed by atoms with van der Waals surface area (Å²) < 4.78 is 13.4. The fourth-order valence-corrected chi connectivity index (χ4v) is 1.90. The average Bonchev–Trinajstić information content (AvgIpc) is 2.58. The molecular weight excluding hydrogens is 309 g/mol. The Morgan fingerprint density at radius 2 is 2.08 bits per heavy atom. The van der Waals surface area contributed by atoms with Gasteiger partial charge in [0.2, 0.25) is 5.91 Å². The number of aromatic nitrogens is 2. The molecule has 0 fully saturated rings. The van der Waals surface area contributed by atoms with Gasteiger partial charge in [-0.1, -0.05) is 18.2 Å². The van der Waals surface area contributed by atoms with Crippen molar-refractivity contribution in [2.24, 2.45) is 0 Å². The second-order valence-electron chi connectivity index (χ2n) is 5.27. The van der Waals surface area contributed by atoms with E-state index in [0.29, 0.717) is 24.5 Å². The van der Waals surface area contributed by atoms with Gasteiger partial charge < -0.3 is 15.5 Å². The summed E-state index contributed by atoms with van der Waals surface area (Å²) in [6, 6.07) is 8.15. The SMILES string of the molecule is CN(C)c1cnnc(NCCNC(=O)/C=C/c2ccccc2F)c1. The van der Waals surface area contributed by atoms with E-state index in [2.05, 4.69) is 20.8 Å². The quantitative estimate of drug-likeness (QED) is 0.600. The van der Waals surface area contributed by atoms with Crippen LogP contribution in [0.15, 0.2) is 42.6 Å². The molecular formula is C17H20FN5O. The zero-order valence-electron chi connectivity index (χ0n) is 13.7. The van der Waals surface area contributed by atoms with E-state index in [1.54, 1.807) is 24.4 Å². The number of carbonyl (C=O) groups is 1. The Labute approximate surface area is 140 Å². The average molecular weight is 329 g/mol. The van der Waals surface area contributed by atoms with Gasteiger partial charge in [-0.2, -0.15) is 5.10 Å². The topological polar surface area (TPSA) is 70.2 Å². The first-order chi connectivity index (χ1) is 11.6. The Hall–Kier alpha value is -2.96. The molecule has 1 aromatic heterocycles. The number of carbonyl (C=O) groups excluding carboxylic acids is 1. The van der Waals surface area contributed by atoms with Crippen molar-refractivity contribution in [2.45, 2.75) is 0 Å². The highest BCUT2D eigenvalue weighted by Crippen LogP contribution is 2.12. The third-order valence-corrected chi connectivity index (χ3v) is 3.21. The monoisotopic (exact) mass is 329 g/mol. The van der Waals surface area contributed by atoms with Crippen molar-refractivity contribution in [2.75, 3.05) is 37.4 Å². The van der Waals surface area contributed by atoms with Crippen LogP contribution in [0.3, 0.4) is 0 Å². The van der Waals surface area contributed by atoms with Gasteiger partial charge in [0, 0.05) is 44.9 Å². The normalized spacial score (nSPS) is 10.6. The van der Waals surface area contributed by atoms with Gasteiger partial charge in [-0.3, -0.25) is 4.79 Å². The van der Waals surface area contributed by atoms with Gasteiger partial charge in [-0.15, -0.1) is 5.10 Å². The molecule has 7 heteroatoms. The molecule has 6 nitrogen and oxygen atoms in total. The second-order valence-corrected chi connectivity index (χ2v) is 5.27. The molecule has 1 heterocycles. The number of nitrogens with zero attached hydrogens (tertiary/aromatic N) is 3. The standard InChI is InChI=1S/C17H20FN5O/c1-23(2)14-11-16(22-21-12-14)19-9-10-20-17(24)8-7-13-5-3-4-6-15(13)18/h3-8,11-12H,9-10H2,1-2H3,(H,19,22)(H,20,24)/b8-7+. The number of hydrogen-bond acceptors (Lipinski definition) is 5. The van der Waals surface area contributed by atoms with E-state index in [-0.39, 0.29) is 11.7 Å². The zero-order valence-corrected chi connectivity index (χ0v) is 13.7. The highest BCUT2D eigenvalue weighted by Gasteiger charge is 2.01. The number of halogens is 1. The Morgan fingerprint density at radius 3 is 2.83 bits per heavy atom. The van der Waals surface area contributed by atoms with E-state index in [9.17, 15) is 9.18 Å². The molecule has 0 unspecified atom stereocenters. The zero-order chi connectivity index (χ0) is 17.4. The molecule has 0 saturated carbocycles. The molecule has 1 amide bonds. The molecule has 2 aromatic rings. The van der Waals surface area contributed by atoms with E-state index in [4.69, 9.17) is 0 Å². The minimum absolute atomic E-state index is 0.284. The molecule has 2 rings (SSSR count). The fourth-order valence-electron chi connectivity index (χ4n) is 1.90. The van der Waals surface area contributed by atoms with E-state index in [1.165, 1.54) is 18.2 Å². The van der Waals surface area contributed by atoms with E-state index in [1.807, 2.05) is 25.1 Å². The summed E-state index contributed by atoms with van der Waals surface area (Å²) in [6.45, 7) is 0.916.